The van der Waals surface area contributed by atoms with E-state index in [1.807, 2.05) is 11.0 Å². The fraction of sp³-hybridized carbons (Fsp3) is 0.333. The second-order valence-corrected chi connectivity index (χ2v) is 5.49. The number of nitro benzene ring substituents is 1. The monoisotopic (exact) mass is 340 g/mol. The molecule has 0 bridgehead atoms. The third-order valence-corrected chi connectivity index (χ3v) is 3.91. The molecule has 1 saturated heterocycles. The molecule has 0 amide bonds. The van der Waals surface area contributed by atoms with Crippen LogP contribution in [0.4, 0.5) is 23.3 Å². The molecule has 1 fully saturated rings. The van der Waals surface area contributed by atoms with Gasteiger partial charge >= 0.3 is 0 Å². The van der Waals surface area contributed by atoms with E-state index in [2.05, 4.69) is 19.9 Å². The Labute approximate surface area is 143 Å². The van der Waals surface area contributed by atoms with Gasteiger partial charge in [-0.25, -0.2) is 0 Å². The van der Waals surface area contributed by atoms with Crippen molar-refractivity contribution in [3.63, 3.8) is 0 Å². The quantitative estimate of drug-likeness (QED) is 0.631. The van der Waals surface area contributed by atoms with Crippen LogP contribution in [0.5, 0.6) is 0 Å². The van der Waals surface area contributed by atoms with Crippen LogP contribution in [0.15, 0.2) is 24.3 Å². The Morgan fingerprint density at radius 1 is 1.12 bits per heavy atom. The van der Waals surface area contributed by atoms with Gasteiger partial charge in [-0.1, -0.05) is 0 Å². The number of nitrogens with zero attached hydrogens (tertiary/aromatic N) is 7. The largest absolute Gasteiger partial charge is 0.368 e. The Morgan fingerprint density at radius 2 is 1.76 bits per heavy atom. The lowest BCUT2D eigenvalue weighted by molar-refractivity contribution is -0.384. The molecule has 2 aromatic rings. The van der Waals surface area contributed by atoms with Crippen LogP contribution in [0.1, 0.15) is 5.82 Å². The van der Waals surface area contributed by atoms with Gasteiger partial charge < -0.3 is 15.5 Å². The maximum Gasteiger partial charge on any atom is 0.269 e. The van der Waals surface area contributed by atoms with E-state index in [0.29, 0.717) is 24.9 Å². The third kappa shape index (κ3) is 3.72. The van der Waals surface area contributed by atoms with E-state index in [9.17, 15) is 10.1 Å². The number of nitrogens with two attached hydrogens (primary N) is 1. The number of non-ortho nitro benzene ring substituents is 1. The molecule has 0 radical (unpaired) electrons. The molecule has 0 aliphatic carbocycles. The van der Waals surface area contributed by atoms with E-state index in [1.165, 1.54) is 12.1 Å². The number of benzene rings is 1. The van der Waals surface area contributed by atoms with Gasteiger partial charge in [0.1, 0.15) is 5.82 Å². The molecule has 0 unspecified atom stereocenters. The van der Waals surface area contributed by atoms with Crippen LogP contribution in [-0.2, 0) is 6.42 Å². The number of piperazine rings is 1. The smallest absolute Gasteiger partial charge is 0.269 e. The lowest BCUT2D eigenvalue weighted by Crippen LogP contribution is -2.47. The highest BCUT2D eigenvalue weighted by Gasteiger charge is 2.21. The maximum absolute atomic E-state index is 10.7. The summed E-state index contributed by atoms with van der Waals surface area (Å²) in [6, 6.07) is 8.50. The molecule has 0 spiro atoms. The van der Waals surface area contributed by atoms with Gasteiger partial charge in [0, 0.05) is 44.0 Å². The van der Waals surface area contributed by atoms with Crippen LogP contribution in [0.3, 0.4) is 0 Å². The highest BCUT2D eigenvalue weighted by Crippen LogP contribution is 2.21. The summed E-state index contributed by atoms with van der Waals surface area (Å²) in [7, 11) is 0. The number of aromatic nitrogens is 3. The van der Waals surface area contributed by atoms with E-state index < -0.39 is 4.92 Å². The minimum Gasteiger partial charge on any atom is -0.368 e. The normalized spacial score (nSPS) is 14.2. The zero-order valence-corrected chi connectivity index (χ0v) is 13.4. The zero-order chi connectivity index (χ0) is 17.8. The Hall–Kier alpha value is -3.48. The first-order valence-electron chi connectivity index (χ1n) is 7.68. The van der Waals surface area contributed by atoms with Crippen molar-refractivity contribution in [2.45, 2.75) is 6.42 Å². The molecule has 25 heavy (non-hydrogen) atoms. The molecule has 1 aliphatic rings. The second-order valence-electron chi connectivity index (χ2n) is 5.49. The molecule has 3 rings (SSSR count). The lowest BCUT2D eigenvalue weighted by Gasteiger charge is -2.36. The molecular weight excluding hydrogens is 324 g/mol. The van der Waals surface area contributed by atoms with Gasteiger partial charge in [0.25, 0.3) is 5.69 Å². The van der Waals surface area contributed by atoms with E-state index >= 15 is 0 Å². The van der Waals surface area contributed by atoms with Crippen molar-refractivity contribution in [3.05, 3.63) is 40.2 Å². The van der Waals surface area contributed by atoms with Crippen molar-refractivity contribution in [3.8, 4) is 6.07 Å². The predicted molar refractivity (Wildman–Crippen MR) is 91.1 cm³/mol. The molecular formula is C15H16N8O2. The van der Waals surface area contributed by atoms with E-state index in [-0.39, 0.29) is 18.1 Å². The van der Waals surface area contributed by atoms with Crippen LogP contribution in [0.25, 0.3) is 0 Å². The molecule has 1 aromatic heterocycles. The standard InChI is InChI=1S/C15H16N8O2/c16-6-5-13-18-14(17)20-15(19-13)22-9-7-21(8-10-22)11-1-3-12(4-2-11)23(24)25/h1-4H,5,7-10H2,(H2,17,18,19,20). The highest BCUT2D eigenvalue weighted by molar-refractivity contribution is 5.52. The van der Waals surface area contributed by atoms with Crippen molar-refractivity contribution in [1.82, 2.24) is 15.0 Å². The average molecular weight is 340 g/mol. The minimum atomic E-state index is -0.411. The summed E-state index contributed by atoms with van der Waals surface area (Å²) in [5.41, 5.74) is 6.70. The van der Waals surface area contributed by atoms with Gasteiger partial charge in [-0.15, -0.1) is 0 Å². The highest BCUT2D eigenvalue weighted by atomic mass is 16.6. The first-order chi connectivity index (χ1) is 12.1. The van der Waals surface area contributed by atoms with Gasteiger partial charge in [0.05, 0.1) is 17.4 Å². The van der Waals surface area contributed by atoms with Gasteiger partial charge in [0.15, 0.2) is 0 Å². The third-order valence-electron chi connectivity index (χ3n) is 3.91. The Kier molecular flexibility index (Phi) is 4.56. The maximum atomic E-state index is 10.7. The molecule has 0 saturated carbocycles. The molecule has 1 aliphatic heterocycles. The predicted octanol–water partition coefficient (Wildman–Crippen LogP) is 0.755. The molecule has 2 N–H and O–H groups in total. The summed E-state index contributed by atoms with van der Waals surface area (Å²) >= 11 is 0. The van der Waals surface area contributed by atoms with Gasteiger partial charge in [-0.05, 0) is 12.1 Å². The Bertz CT molecular complexity index is 809. The lowest BCUT2D eigenvalue weighted by atomic mass is 10.2. The number of hydrogen-bond donors (Lipinski definition) is 1. The van der Waals surface area contributed by atoms with Crippen molar-refractivity contribution in [1.29, 1.82) is 5.26 Å². The molecule has 0 atom stereocenters. The number of rotatable bonds is 4. The van der Waals surface area contributed by atoms with Gasteiger partial charge in [0.2, 0.25) is 11.9 Å². The summed E-state index contributed by atoms with van der Waals surface area (Å²) in [5.74, 6) is 0.942. The van der Waals surface area contributed by atoms with Crippen LogP contribution in [0, 0.1) is 21.4 Å². The number of anilines is 3. The van der Waals surface area contributed by atoms with E-state index in [0.717, 1.165) is 18.8 Å². The molecule has 2 heterocycles. The molecule has 10 nitrogen and oxygen atoms in total. The number of hydrogen-bond acceptors (Lipinski definition) is 9. The minimum absolute atomic E-state index is 0.0769. The first kappa shape index (κ1) is 16.4. The molecule has 128 valence electrons. The van der Waals surface area contributed by atoms with Crippen LogP contribution in [0.2, 0.25) is 0 Å². The average Bonchev–Trinajstić information content (AvgIpc) is 2.62. The summed E-state index contributed by atoms with van der Waals surface area (Å²) in [5, 5.41) is 19.5. The summed E-state index contributed by atoms with van der Waals surface area (Å²) in [6.45, 7) is 2.78. The van der Waals surface area contributed by atoms with Crippen molar-refractivity contribution < 1.29 is 4.92 Å². The second kappa shape index (κ2) is 6.96. The van der Waals surface area contributed by atoms with Crippen molar-refractivity contribution >= 4 is 23.3 Å². The van der Waals surface area contributed by atoms with Gasteiger partial charge in [-0.2, -0.15) is 20.2 Å². The Balaban J connectivity index is 1.67. The fourth-order valence-corrected chi connectivity index (χ4v) is 2.67. The van der Waals surface area contributed by atoms with Crippen molar-refractivity contribution in [2.75, 3.05) is 41.7 Å². The SMILES string of the molecule is N#CCc1nc(N)nc(N2CCN(c3ccc([N+](=O)[O-])cc3)CC2)n1. The van der Waals surface area contributed by atoms with E-state index in [4.69, 9.17) is 11.0 Å². The van der Waals surface area contributed by atoms with Crippen LogP contribution < -0.4 is 15.5 Å². The van der Waals surface area contributed by atoms with Gasteiger partial charge in [-0.3, -0.25) is 10.1 Å². The van der Waals surface area contributed by atoms with Crippen molar-refractivity contribution in [2.24, 2.45) is 0 Å². The zero-order valence-electron chi connectivity index (χ0n) is 13.4. The summed E-state index contributed by atoms with van der Waals surface area (Å²) < 4.78 is 0. The van der Waals surface area contributed by atoms with E-state index in [1.54, 1.807) is 12.1 Å². The first-order valence-corrected chi connectivity index (χ1v) is 7.68. The topological polar surface area (TPSA) is 138 Å². The van der Waals surface area contributed by atoms with Crippen LogP contribution >= 0.6 is 0 Å². The summed E-state index contributed by atoms with van der Waals surface area (Å²) in [4.78, 5) is 26.8. The number of nitriles is 1. The molecule has 10 heteroatoms. The number of nitro groups is 1. The fourth-order valence-electron chi connectivity index (χ4n) is 2.67. The summed E-state index contributed by atoms with van der Waals surface area (Å²) in [6.07, 6.45) is 0.0858. The Morgan fingerprint density at radius 3 is 2.36 bits per heavy atom. The molecule has 1 aromatic carbocycles. The van der Waals surface area contributed by atoms with Crippen LogP contribution in [-0.4, -0.2) is 46.1 Å². The number of nitrogen functional groups attached to an aromatic ring is 1.